The van der Waals surface area contributed by atoms with E-state index in [1.165, 1.54) is 19.1 Å². The van der Waals surface area contributed by atoms with Crippen LogP contribution in [0.15, 0.2) is 47.4 Å². The van der Waals surface area contributed by atoms with Gasteiger partial charge < -0.3 is 5.11 Å². The lowest BCUT2D eigenvalue weighted by Crippen LogP contribution is -2.37. The maximum absolute atomic E-state index is 13.2. The molecule has 0 bridgehead atoms. The Morgan fingerprint density at radius 2 is 1.74 bits per heavy atom. The van der Waals surface area contributed by atoms with Crippen molar-refractivity contribution in [1.82, 2.24) is 4.72 Å². The van der Waals surface area contributed by atoms with Crippen molar-refractivity contribution >= 4 is 10.0 Å². The van der Waals surface area contributed by atoms with Crippen molar-refractivity contribution in [1.29, 1.82) is 0 Å². The molecule has 8 heteroatoms. The first-order valence-electron chi connectivity index (χ1n) is 6.61. The number of nitrogens with one attached hydrogen (secondary N) is 1. The summed E-state index contributed by atoms with van der Waals surface area (Å²) in [7, 11) is -4.07. The van der Waals surface area contributed by atoms with Gasteiger partial charge in [-0.25, -0.2) is 26.3 Å². The van der Waals surface area contributed by atoms with Crippen LogP contribution in [0.2, 0.25) is 0 Å². The van der Waals surface area contributed by atoms with E-state index in [-0.39, 0.29) is 10.5 Å². The van der Waals surface area contributed by atoms with Crippen LogP contribution in [-0.2, 0) is 10.0 Å². The van der Waals surface area contributed by atoms with Crippen LogP contribution in [0.25, 0.3) is 0 Å². The van der Waals surface area contributed by atoms with E-state index in [1.54, 1.807) is 0 Å². The van der Waals surface area contributed by atoms with Gasteiger partial charge in [-0.05, 0) is 42.8 Å². The second kappa shape index (κ2) is 6.69. The van der Waals surface area contributed by atoms with Crippen LogP contribution < -0.4 is 4.72 Å². The first-order chi connectivity index (χ1) is 10.7. The van der Waals surface area contributed by atoms with E-state index in [1.807, 2.05) is 0 Å². The molecule has 0 saturated carbocycles. The van der Waals surface area contributed by atoms with Gasteiger partial charge in [0.25, 0.3) is 0 Å². The van der Waals surface area contributed by atoms with Gasteiger partial charge >= 0.3 is 0 Å². The molecule has 0 radical (unpaired) electrons. The van der Waals surface area contributed by atoms with Crippen molar-refractivity contribution in [3.8, 4) is 0 Å². The summed E-state index contributed by atoms with van der Waals surface area (Å²) in [6.07, 6.45) is -1.41. The van der Waals surface area contributed by atoms with Gasteiger partial charge in [0.2, 0.25) is 10.0 Å². The molecule has 0 spiro atoms. The number of hydrogen-bond donors (Lipinski definition) is 2. The van der Waals surface area contributed by atoms with E-state index in [0.717, 1.165) is 30.3 Å². The summed E-state index contributed by atoms with van der Waals surface area (Å²) in [5.74, 6) is -2.95. The number of sulfonamides is 1. The molecule has 23 heavy (non-hydrogen) atoms. The maximum Gasteiger partial charge on any atom is 0.241 e. The molecule has 0 unspecified atom stereocenters. The maximum atomic E-state index is 13.2. The second-order valence-corrected chi connectivity index (χ2v) is 6.70. The van der Waals surface area contributed by atoms with Gasteiger partial charge in [-0.15, -0.1) is 0 Å². The van der Waals surface area contributed by atoms with E-state index in [4.69, 9.17) is 0 Å². The summed E-state index contributed by atoms with van der Waals surface area (Å²) < 4.78 is 65.6. The number of aliphatic hydroxyl groups is 1. The Morgan fingerprint density at radius 1 is 1.04 bits per heavy atom. The van der Waals surface area contributed by atoms with Gasteiger partial charge in [-0.3, -0.25) is 0 Å². The normalized spacial score (nSPS) is 14.5. The van der Waals surface area contributed by atoms with Gasteiger partial charge in [0, 0.05) is 6.04 Å². The summed E-state index contributed by atoms with van der Waals surface area (Å²) >= 11 is 0. The largest absolute Gasteiger partial charge is 0.387 e. The third kappa shape index (κ3) is 4.10. The summed E-state index contributed by atoms with van der Waals surface area (Å²) in [4.78, 5) is -0.304. The summed E-state index contributed by atoms with van der Waals surface area (Å²) in [6, 6.07) is 6.08. The Balaban J connectivity index is 2.20. The zero-order chi connectivity index (χ0) is 17.2. The van der Waals surface area contributed by atoms with Crippen molar-refractivity contribution in [3.05, 3.63) is 65.5 Å². The van der Waals surface area contributed by atoms with Gasteiger partial charge in [-0.1, -0.05) is 12.1 Å². The highest BCUT2D eigenvalue weighted by Crippen LogP contribution is 2.21. The van der Waals surface area contributed by atoms with Crippen LogP contribution in [0.5, 0.6) is 0 Å². The third-order valence-electron chi connectivity index (χ3n) is 3.21. The van der Waals surface area contributed by atoms with Gasteiger partial charge in [-0.2, -0.15) is 0 Å². The van der Waals surface area contributed by atoms with Crippen LogP contribution in [0.4, 0.5) is 13.2 Å². The van der Waals surface area contributed by atoms with Gasteiger partial charge in [0.05, 0.1) is 11.0 Å². The molecular formula is C15H14F3NO3S. The number of aliphatic hydroxyl groups excluding tert-OH is 1. The van der Waals surface area contributed by atoms with E-state index in [0.29, 0.717) is 0 Å². The molecule has 0 aliphatic carbocycles. The lowest BCUT2D eigenvalue weighted by molar-refractivity contribution is 0.146. The summed E-state index contributed by atoms with van der Waals surface area (Å²) in [5, 5.41) is 10.1. The van der Waals surface area contributed by atoms with Crippen molar-refractivity contribution < 1.29 is 26.7 Å². The van der Waals surface area contributed by atoms with E-state index in [2.05, 4.69) is 4.72 Å². The molecule has 2 aromatic carbocycles. The molecule has 0 heterocycles. The van der Waals surface area contributed by atoms with Crippen LogP contribution in [0, 0.1) is 17.5 Å². The molecule has 124 valence electrons. The molecule has 2 rings (SSSR count). The molecule has 0 aromatic heterocycles. The Kier molecular flexibility index (Phi) is 5.08. The molecule has 0 amide bonds. The highest BCUT2D eigenvalue weighted by molar-refractivity contribution is 7.89. The topological polar surface area (TPSA) is 66.4 Å². The molecule has 0 saturated heterocycles. The van der Waals surface area contributed by atoms with Crippen LogP contribution in [0.3, 0.4) is 0 Å². The standard InChI is InChI=1S/C15H14F3NO3S/c1-9(15(20)10-5-6-13(17)14(18)7-10)19-23(21,22)12-4-2-3-11(16)8-12/h2-9,15,19-20H,1H3/t9-,15-/m1/s1. The molecule has 2 N–H and O–H groups in total. The zero-order valence-electron chi connectivity index (χ0n) is 12.0. The highest BCUT2D eigenvalue weighted by atomic mass is 32.2. The number of halogens is 3. The average Bonchev–Trinajstić information content (AvgIpc) is 2.49. The fraction of sp³-hybridized carbons (Fsp3) is 0.200. The predicted octanol–water partition coefficient (Wildman–Crippen LogP) is 2.50. The van der Waals surface area contributed by atoms with Crippen molar-refractivity contribution in [2.75, 3.05) is 0 Å². The highest BCUT2D eigenvalue weighted by Gasteiger charge is 2.24. The quantitative estimate of drug-likeness (QED) is 0.875. The lowest BCUT2D eigenvalue weighted by Gasteiger charge is -2.20. The minimum Gasteiger partial charge on any atom is -0.387 e. The first kappa shape index (κ1) is 17.5. The third-order valence-corrected chi connectivity index (χ3v) is 4.76. The van der Waals surface area contributed by atoms with Gasteiger partial charge in [0.15, 0.2) is 11.6 Å². The Morgan fingerprint density at radius 3 is 2.35 bits per heavy atom. The van der Waals surface area contributed by atoms with Crippen LogP contribution in [0.1, 0.15) is 18.6 Å². The minimum absolute atomic E-state index is 0.0124. The second-order valence-electron chi connectivity index (χ2n) is 4.99. The van der Waals surface area contributed by atoms with Crippen molar-refractivity contribution in [2.24, 2.45) is 0 Å². The molecule has 0 fully saturated rings. The number of benzene rings is 2. The fourth-order valence-electron chi connectivity index (χ4n) is 2.00. The molecule has 2 atom stereocenters. The Bertz CT molecular complexity index is 811. The van der Waals surface area contributed by atoms with Gasteiger partial charge in [0.1, 0.15) is 5.82 Å². The molecule has 0 aliphatic rings. The van der Waals surface area contributed by atoms with E-state index >= 15 is 0 Å². The molecular weight excluding hydrogens is 331 g/mol. The molecule has 2 aromatic rings. The van der Waals surface area contributed by atoms with E-state index < -0.39 is 39.6 Å². The smallest absolute Gasteiger partial charge is 0.241 e. The molecule has 0 aliphatic heterocycles. The van der Waals surface area contributed by atoms with Crippen LogP contribution in [-0.4, -0.2) is 19.6 Å². The lowest BCUT2D eigenvalue weighted by atomic mass is 10.0. The Hall–Kier alpha value is -1.90. The molecule has 4 nitrogen and oxygen atoms in total. The first-order valence-corrected chi connectivity index (χ1v) is 8.10. The number of rotatable bonds is 5. The van der Waals surface area contributed by atoms with E-state index in [9.17, 15) is 26.7 Å². The zero-order valence-corrected chi connectivity index (χ0v) is 12.8. The fourth-order valence-corrected chi connectivity index (χ4v) is 3.28. The van der Waals surface area contributed by atoms with Crippen LogP contribution >= 0.6 is 0 Å². The summed E-state index contributed by atoms with van der Waals surface area (Å²) in [6.45, 7) is 1.35. The SMILES string of the molecule is C[C@@H](NS(=O)(=O)c1cccc(F)c1)[C@@H](O)c1ccc(F)c(F)c1. The Labute approximate surface area is 131 Å². The van der Waals surface area contributed by atoms with Crippen molar-refractivity contribution in [3.63, 3.8) is 0 Å². The monoisotopic (exact) mass is 345 g/mol. The number of hydrogen-bond acceptors (Lipinski definition) is 3. The average molecular weight is 345 g/mol. The minimum atomic E-state index is -4.07. The predicted molar refractivity (Wildman–Crippen MR) is 77.5 cm³/mol. The van der Waals surface area contributed by atoms with Crippen molar-refractivity contribution in [2.45, 2.75) is 24.0 Å². The summed E-state index contributed by atoms with van der Waals surface area (Å²) in [5.41, 5.74) is 0.0124.